The van der Waals surface area contributed by atoms with Gasteiger partial charge in [0, 0.05) is 18.7 Å². The number of aryl methyl sites for hydroxylation is 1. The molecule has 1 heterocycles. The molecule has 0 saturated heterocycles. The number of aromatic amines is 1. The van der Waals surface area contributed by atoms with Crippen molar-refractivity contribution in [2.24, 2.45) is 5.73 Å². The number of nitrogens with two attached hydrogens (primary N) is 1. The molecule has 108 valence electrons. The molecule has 6 nitrogen and oxygen atoms in total. The summed E-state index contributed by atoms with van der Waals surface area (Å²) in [7, 11) is -3.56. The number of hydrogen-bond donors (Lipinski definition) is 3. The van der Waals surface area contributed by atoms with Gasteiger partial charge in [-0.1, -0.05) is 30.3 Å². The average Bonchev–Trinajstić information content (AvgIpc) is 2.94. The van der Waals surface area contributed by atoms with Crippen LogP contribution in [0.4, 0.5) is 0 Å². The molecule has 2 aromatic rings. The number of aromatic nitrogens is 2. The van der Waals surface area contributed by atoms with Gasteiger partial charge in [0.25, 0.3) is 10.0 Å². The van der Waals surface area contributed by atoms with Crippen LogP contribution >= 0.6 is 0 Å². The zero-order valence-corrected chi connectivity index (χ0v) is 11.9. The highest BCUT2D eigenvalue weighted by atomic mass is 32.2. The molecule has 0 spiro atoms. The maximum Gasteiger partial charge on any atom is 0.257 e. The third kappa shape index (κ3) is 3.66. The molecule has 4 N–H and O–H groups in total. The minimum Gasteiger partial charge on any atom is -0.326 e. The Hall–Kier alpha value is -1.70. The molecule has 0 atom stereocenters. The second-order valence-corrected chi connectivity index (χ2v) is 6.12. The summed E-state index contributed by atoms with van der Waals surface area (Å²) in [5.74, 6) is 0. The van der Waals surface area contributed by atoms with E-state index in [4.69, 9.17) is 5.73 Å². The molecular weight excluding hydrogens is 276 g/mol. The van der Waals surface area contributed by atoms with Gasteiger partial charge in [0.15, 0.2) is 5.03 Å². The predicted octanol–water partition coefficient (Wildman–Crippen LogP) is 0.780. The van der Waals surface area contributed by atoms with Crippen LogP contribution in [0.2, 0.25) is 0 Å². The van der Waals surface area contributed by atoms with Crippen LogP contribution in [0.1, 0.15) is 17.5 Å². The number of rotatable bonds is 7. The van der Waals surface area contributed by atoms with Gasteiger partial charge >= 0.3 is 0 Å². The Morgan fingerprint density at radius 3 is 2.70 bits per heavy atom. The van der Waals surface area contributed by atoms with Crippen LogP contribution in [-0.4, -0.2) is 25.2 Å². The van der Waals surface area contributed by atoms with E-state index in [9.17, 15) is 8.42 Å². The summed E-state index contributed by atoms with van der Waals surface area (Å²) >= 11 is 0. The number of hydrogen-bond acceptors (Lipinski definition) is 4. The SMILES string of the molecule is NCc1cn[nH]c1S(=O)(=O)NCCCc1ccccc1. The summed E-state index contributed by atoms with van der Waals surface area (Å²) in [5.41, 5.74) is 7.15. The lowest BCUT2D eigenvalue weighted by Crippen LogP contribution is -2.26. The first kappa shape index (κ1) is 14.7. The number of benzene rings is 1. The zero-order valence-electron chi connectivity index (χ0n) is 11.0. The molecular formula is C13H18N4O2S. The normalized spacial score (nSPS) is 11.7. The van der Waals surface area contributed by atoms with E-state index >= 15 is 0 Å². The van der Waals surface area contributed by atoms with Gasteiger partial charge in [0.2, 0.25) is 0 Å². The Morgan fingerprint density at radius 2 is 2.00 bits per heavy atom. The van der Waals surface area contributed by atoms with Crippen molar-refractivity contribution in [2.75, 3.05) is 6.54 Å². The van der Waals surface area contributed by atoms with Gasteiger partial charge in [0.05, 0.1) is 6.20 Å². The fraction of sp³-hybridized carbons (Fsp3) is 0.308. The lowest BCUT2D eigenvalue weighted by Gasteiger charge is -2.06. The quantitative estimate of drug-likeness (QED) is 0.657. The van der Waals surface area contributed by atoms with Crippen molar-refractivity contribution in [2.45, 2.75) is 24.4 Å². The van der Waals surface area contributed by atoms with E-state index in [1.165, 1.54) is 11.8 Å². The van der Waals surface area contributed by atoms with Crippen molar-refractivity contribution in [1.29, 1.82) is 0 Å². The van der Waals surface area contributed by atoms with Gasteiger partial charge in [-0.05, 0) is 18.4 Å². The third-order valence-corrected chi connectivity index (χ3v) is 4.42. The Kier molecular flexibility index (Phi) is 4.89. The molecule has 20 heavy (non-hydrogen) atoms. The van der Waals surface area contributed by atoms with Gasteiger partial charge in [-0.25, -0.2) is 13.1 Å². The molecule has 2 rings (SSSR count). The molecule has 1 aromatic carbocycles. The Morgan fingerprint density at radius 1 is 1.25 bits per heavy atom. The van der Waals surface area contributed by atoms with Gasteiger partial charge in [0.1, 0.15) is 0 Å². The second-order valence-electron chi connectivity index (χ2n) is 4.42. The van der Waals surface area contributed by atoms with E-state index in [1.807, 2.05) is 30.3 Å². The second kappa shape index (κ2) is 6.65. The van der Waals surface area contributed by atoms with Gasteiger partial charge in [-0.3, -0.25) is 5.10 Å². The van der Waals surface area contributed by atoms with Gasteiger partial charge in [-0.2, -0.15) is 5.10 Å². The molecule has 0 amide bonds. The van der Waals surface area contributed by atoms with Crippen LogP contribution in [-0.2, 0) is 23.0 Å². The summed E-state index contributed by atoms with van der Waals surface area (Å²) in [4.78, 5) is 0. The molecule has 0 bridgehead atoms. The highest BCUT2D eigenvalue weighted by Gasteiger charge is 2.19. The van der Waals surface area contributed by atoms with Crippen molar-refractivity contribution in [3.63, 3.8) is 0 Å². The van der Waals surface area contributed by atoms with Crippen LogP contribution in [0.5, 0.6) is 0 Å². The lowest BCUT2D eigenvalue weighted by atomic mass is 10.1. The number of H-pyrrole nitrogens is 1. The first-order valence-corrected chi connectivity index (χ1v) is 7.87. The molecule has 0 saturated carbocycles. The van der Waals surface area contributed by atoms with E-state index < -0.39 is 10.0 Å². The zero-order chi connectivity index (χ0) is 14.4. The maximum absolute atomic E-state index is 12.0. The van der Waals surface area contributed by atoms with E-state index in [-0.39, 0.29) is 11.6 Å². The third-order valence-electron chi connectivity index (χ3n) is 2.94. The topological polar surface area (TPSA) is 101 Å². The monoisotopic (exact) mass is 294 g/mol. The Bertz CT molecular complexity index is 637. The van der Waals surface area contributed by atoms with Crippen molar-refractivity contribution in [3.8, 4) is 0 Å². The standard InChI is InChI=1S/C13H18N4O2S/c14-9-12-10-15-17-13(12)20(18,19)16-8-4-7-11-5-2-1-3-6-11/h1-3,5-6,10,16H,4,7-9,14H2,(H,15,17). The summed E-state index contributed by atoms with van der Waals surface area (Å²) in [6.07, 6.45) is 2.99. The fourth-order valence-corrected chi connectivity index (χ4v) is 3.10. The molecule has 0 aliphatic heterocycles. The summed E-state index contributed by atoms with van der Waals surface area (Å²) < 4.78 is 26.6. The number of nitrogens with one attached hydrogen (secondary N) is 2. The fourth-order valence-electron chi connectivity index (χ4n) is 1.89. The van der Waals surface area contributed by atoms with Crippen molar-refractivity contribution in [1.82, 2.24) is 14.9 Å². The molecule has 0 radical (unpaired) electrons. The Balaban J connectivity index is 1.87. The lowest BCUT2D eigenvalue weighted by molar-refractivity contribution is 0.573. The number of sulfonamides is 1. The first-order valence-electron chi connectivity index (χ1n) is 6.39. The molecule has 0 fully saturated rings. The van der Waals surface area contributed by atoms with Gasteiger partial charge < -0.3 is 5.73 Å². The van der Waals surface area contributed by atoms with Crippen molar-refractivity contribution in [3.05, 3.63) is 47.7 Å². The van der Waals surface area contributed by atoms with Crippen LogP contribution < -0.4 is 10.5 Å². The van der Waals surface area contributed by atoms with E-state index in [1.54, 1.807) is 0 Å². The predicted molar refractivity (Wildman–Crippen MR) is 76.4 cm³/mol. The molecule has 0 unspecified atom stereocenters. The van der Waals surface area contributed by atoms with Crippen molar-refractivity contribution >= 4 is 10.0 Å². The van der Waals surface area contributed by atoms with Crippen LogP contribution in [0.15, 0.2) is 41.6 Å². The van der Waals surface area contributed by atoms with E-state index in [0.29, 0.717) is 12.1 Å². The molecule has 1 aromatic heterocycles. The van der Waals surface area contributed by atoms with E-state index in [2.05, 4.69) is 14.9 Å². The largest absolute Gasteiger partial charge is 0.326 e. The average molecular weight is 294 g/mol. The maximum atomic E-state index is 12.0. The Labute approximate surface area is 118 Å². The van der Waals surface area contributed by atoms with Crippen LogP contribution in [0.3, 0.4) is 0 Å². The van der Waals surface area contributed by atoms with Crippen LogP contribution in [0, 0.1) is 0 Å². The molecule has 0 aliphatic carbocycles. The first-order chi connectivity index (χ1) is 9.63. The van der Waals surface area contributed by atoms with Crippen molar-refractivity contribution < 1.29 is 8.42 Å². The molecule has 0 aliphatic rings. The summed E-state index contributed by atoms with van der Waals surface area (Å²) in [5, 5.41) is 6.24. The van der Waals surface area contributed by atoms with Gasteiger partial charge in [-0.15, -0.1) is 0 Å². The highest BCUT2D eigenvalue weighted by molar-refractivity contribution is 7.89. The smallest absolute Gasteiger partial charge is 0.257 e. The number of nitrogens with zero attached hydrogens (tertiary/aromatic N) is 1. The molecule has 7 heteroatoms. The minimum atomic E-state index is -3.56. The van der Waals surface area contributed by atoms with Crippen LogP contribution in [0.25, 0.3) is 0 Å². The summed E-state index contributed by atoms with van der Waals surface area (Å²) in [6.45, 7) is 0.511. The van der Waals surface area contributed by atoms with E-state index in [0.717, 1.165) is 12.8 Å². The highest BCUT2D eigenvalue weighted by Crippen LogP contribution is 2.10. The summed E-state index contributed by atoms with van der Waals surface area (Å²) in [6, 6.07) is 9.94. The minimum absolute atomic E-state index is 0.0553.